The molecule has 0 atom stereocenters. The van der Waals surface area contributed by atoms with Crippen molar-refractivity contribution in [2.45, 2.75) is 43.9 Å². The first-order valence-corrected chi connectivity index (χ1v) is 10.4. The monoisotopic (exact) mass is 354 g/mol. The van der Waals surface area contributed by atoms with Crippen molar-refractivity contribution in [3.05, 3.63) is 29.8 Å². The average molecular weight is 355 g/mol. The van der Waals surface area contributed by atoms with E-state index in [1.807, 2.05) is 12.1 Å². The molecule has 1 aromatic rings. The maximum atomic E-state index is 12.7. The van der Waals surface area contributed by atoms with Crippen molar-refractivity contribution < 1.29 is 13.5 Å². The number of aliphatic hydroxyl groups is 1. The van der Waals surface area contributed by atoms with E-state index in [9.17, 15) is 8.42 Å². The zero-order valence-electron chi connectivity index (χ0n) is 14.7. The molecule has 0 aliphatic carbocycles. The van der Waals surface area contributed by atoms with E-state index in [0.717, 1.165) is 12.8 Å². The van der Waals surface area contributed by atoms with E-state index in [4.69, 9.17) is 5.11 Å². The zero-order chi connectivity index (χ0) is 17.4. The van der Waals surface area contributed by atoms with Crippen molar-refractivity contribution in [1.82, 2.24) is 9.21 Å². The molecular weight excluding hydrogens is 324 g/mol. The highest BCUT2D eigenvalue weighted by molar-refractivity contribution is 7.89. The number of hydrogen-bond acceptors (Lipinski definition) is 4. The molecule has 136 valence electrons. The number of benzene rings is 1. The van der Waals surface area contributed by atoms with Crippen molar-refractivity contribution in [2.75, 3.05) is 39.3 Å². The Morgan fingerprint density at radius 1 is 1.00 bits per heavy atom. The van der Waals surface area contributed by atoms with Crippen molar-refractivity contribution in [2.24, 2.45) is 0 Å². The second-order valence-electron chi connectivity index (χ2n) is 6.42. The van der Waals surface area contributed by atoms with Crippen LogP contribution < -0.4 is 0 Å². The molecule has 1 fully saturated rings. The van der Waals surface area contributed by atoms with Gasteiger partial charge >= 0.3 is 0 Å². The Kier molecular flexibility index (Phi) is 7.68. The highest BCUT2D eigenvalue weighted by Gasteiger charge is 2.28. The van der Waals surface area contributed by atoms with Gasteiger partial charge in [-0.05, 0) is 30.5 Å². The van der Waals surface area contributed by atoms with Crippen LogP contribution in [0.25, 0.3) is 0 Å². The van der Waals surface area contributed by atoms with Crippen LogP contribution in [-0.2, 0) is 16.4 Å². The van der Waals surface area contributed by atoms with Gasteiger partial charge in [0.05, 0.1) is 11.5 Å². The predicted octanol–water partition coefficient (Wildman–Crippen LogP) is 2.11. The van der Waals surface area contributed by atoms with Gasteiger partial charge in [-0.1, -0.05) is 38.3 Å². The van der Waals surface area contributed by atoms with Crippen molar-refractivity contribution >= 4 is 10.0 Å². The van der Waals surface area contributed by atoms with Crippen LogP contribution in [-0.4, -0.2) is 62.1 Å². The van der Waals surface area contributed by atoms with Crippen LogP contribution in [0, 0.1) is 0 Å². The van der Waals surface area contributed by atoms with E-state index in [-0.39, 0.29) is 6.61 Å². The Morgan fingerprint density at radius 2 is 1.67 bits per heavy atom. The maximum Gasteiger partial charge on any atom is 0.243 e. The standard InChI is InChI=1S/C18H30N2O3S/c1-2-3-4-5-6-17-7-9-18(10-8-17)24(22,23)20-13-11-19(12-14-20)15-16-21/h7-10,21H,2-6,11-16H2,1H3. The molecule has 0 aromatic heterocycles. The minimum absolute atomic E-state index is 0.118. The number of piperazine rings is 1. The molecule has 5 nitrogen and oxygen atoms in total. The van der Waals surface area contributed by atoms with Crippen LogP contribution in [0.1, 0.15) is 38.2 Å². The van der Waals surface area contributed by atoms with Crippen molar-refractivity contribution in [3.63, 3.8) is 0 Å². The van der Waals surface area contributed by atoms with E-state index in [1.54, 1.807) is 16.4 Å². The summed E-state index contributed by atoms with van der Waals surface area (Å²) in [5.41, 5.74) is 1.21. The first-order chi connectivity index (χ1) is 11.6. The summed E-state index contributed by atoms with van der Waals surface area (Å²) >= 11 is 0. The second-order valence-corrected chi connectivity index (χ2v) is 8.36. The molecule has 1 saturated heterocycles. The minimum atomic E-state index is -3.40. The Bertz CT molecular complexity index is 579. The molecule has 0 bridgehead atoms. The minimum Gasteiger partial charge on any atom is -0.395 e. The summed E-state index contributed by atoms with van der Waals surface area (Å²) in [6.45, 7) is 5.25. The zero-order valence-corrected chi connectivity index (χ0v) is 15.5. The number of hydrogen-bond donors (Lipinski definition) is 1. The van der Waals surface area contributed by atoms with Gasteiger partial charge in [0.2, 0.25) is 10.0 Å². The summed E-state index contributed by atoms with van der Waals surface area (Å²) in [5, 5.41) is 8.97. The predicted molar refractivity (Wildman–Crippen MR) is 96.6 cm³/mol. The van der Waals surface area contributed by atoms with E-state index >= 15 is 0 Å². The van der Waals surface area contributed by atoms with Crippen molar-refractivity contribution in [1.29, 1.82) is 0 Å². The maximum absolute atomic E-state index is 12.7. The van der Waals surface area contributed by atoms with Gasteiger partial charge in [-0.25, -0.2) is 8.42 Å². The molecule has 2 rings (SSSR count). The van der Waals surface area contributed by atoms with Crippen LogP contribution in [0.15, 0.2) is 29.2 Å². The molecule has 0 saturated carbocycles. The number of aliphatic hydroxyl groups excluding tert-OH is 1. The fourth-order valence-electron chi connectivity index (χ4n) is 3.07. The number of aryl methyl sites for hydroxylation is 1. The lowest BCUT2D eigenvalue weighted by Crippen LogP contribution is -2.49. The summed E-state index contributed by atoms with van der Waals surface area (Å²) in [5.74, 6) is 0. The number of rotatable bonds is 9. The van der Waals surface area contributed by atoms with E-state index in [0.29, 0.717) is 37.6 Å². The van der Waals surface area contributed by atoms with Crippen LogP contribution in [0.2, 0.25) is 0 Å². The Balaban J connectivity index is 1.92. The molecule has 6 heteroatoms. The quantitative estimate of drug-likeness (QED) is 0.690. The molecule has 0 unspecified atom stereocenters. The fraction of sp³-hybridized carbons (Fsp3) is 0.667. The summed E-state index contributed by atoms with van der Waals surface area (Å²) in [6.07, 6.45) is 5.89. The SMILES string of the molecule is CCCCCCc1ccc(S(=O)(=O)N2CCN(CCO)CC2)cc1. The molecule has 1 aliphatic rings. The number of nitrogens with zero attached hydrogens (tertiary/aromatic N) is 2. The third-order valence-electron chi connectivity index (χ3n) is 4.63. The lowest BCUT2D eigenvalue weighted by molar-refractivity contribution is 0.151. The molecule has 0 spiro atoms. The topological polar surface area (TPSA) is 60.9 Å². The van der Waals surface area contributed by atoms with Crippen molar-refractivity contribution in [3.8, 4) is 0 Å². The van der Waals surface area contributed by atoms with Crippen LogP contribution >= 0.6 is 0 Å². The second kappa shape index (κ2) is 9.51. The van der Waals surface area contributed by atoms with Crippen LogP contribution in [0.5, 0.6) is 0 Å². The normalized spacial score (nSPS) is 17.2. The molecule has 1 N–H and O–H groups in total. The summed E-state index contributed by atoms with van der Waals surface area (Å²) in [4.78, 5) is 2.47. The summed E-state index contributed by atoms with van der Waals surface area (Å²) in [7, 11) is -3.40. The Labute approximate surface area is 146 Å². The molecule has 24 heavy (non-hydrogen) atoms. The highest BCUT2D eigenvalue weighted by atomic mass is 32.2. The number of sulfonamides is 1. The highest BCUT2D eigenvalue weighted by Crippen LogP contribution is 2.19. The number of unbranched alkanes of at least 4 members (excludes halogenated alkanes) is 3. The van der Waals surface area contributed by atoms with Gasteiger partial charge in [0, 0.05) is 32.7 Å². The molecule has 0 amide bonds. The summed E-state index contributed by atoms with van der Waals surface area (Å²) in [6, 6.07) is 7.37. The molecule has 0 radical (unpaired) electrons. The fourth-order valence-corrected chi connectivity index (χ4v) is 4.49. The lowest BCUT2D eigenvalue weighted by atomic mass is 10.1. The number of β-amino-alcohol motifs (C(OH)–C–C–N with tert-alkyl or cyclic N) is 1. The molecule has 1 aliphatic heterocycles. The van der Waals surface area contributed by atoms with Gasteiger partial charge in [-0.3, -0.25) is 4.90 Å². The lowest BCUT2D eigenvalue weighted by Gasteiger charge is -2.33. The van der Waals surface area contributed by atoms with Gasteiger partial charge in [0.1, 0.15) is 0 Å². The van der Waals surface area contributed by atoms with Crippen LogP contribution in [0.3, 0.4) is 0 Å². The molecular formula is C18H30N2O3S. The third kappa shape index (κ3) is 5.28. The first-order valence-electron chi connectivity index (χ1n) is 9.00. The van der Waals surface area contributed by atoms with Gasteiger partial charge in [0.15, 0.2) is 0 Å². The van der Waals surface area contributed by atoms with E-state index < -0.39 is 10.0 Å². The van der Waals surface area contributed by atoms with Gasteiger partial charge in [-0.2, -0.15) is 4.31 Å². The summed E-state index contributed by atoms with van der Waals surface area (Å²) < 4.78 is 27.0. The van der Waals surface area contributed by atoms with E-state index in [2.05, 4.69) is 11.8 Å². The smallest absolute Gasteiger partial charge is 0.243 e. The Hall–Kier alpha value is -0.950. The molecule has 1 heterocycles. The van der Waals surface area contributed by atoms with Gasteiger partial charge in [-0.15, -0.1) is 0 Å². The largest absolute Gasteiger partial charge is 0.395 e. The molecule has 1 aromatic carbocycles. The third-order valence-corrected chi connectivity index (χ3v) is 6.54. The Morgan fingerprint density at radius 3 is 2.25 bits per heavy atom. The van der Waals surface area contributed by atoms with Crippen LogP contribution in [0.4, 0.5) is 0 Å². The van der Waals surface area contributed by atoms with Gasteiger partial charge in [0.25, 0.3) is 0 Å². The average Bonchev–Trinajstić information content (AvgIpc) is 2.60. The van der Waals surface area contributed by atoms with E-state index in [1.165, 1.54) is 24.8 Å². The van der Waals surface area contributed by atoms with Gasteiger partial charge < -0.3 is 5.11 Å². The first kappa shape index (κ1) is 19.4.